The first-order valence-corrected chi connectivity index (χ1v) is 7.44. The van der Waals surface area contributed by atoms with Gasteiger partial charge in [0.25, 0.3) is 0 Å². The molecule has 1 aliphatic rings. The number of benzene rings is 2. The monoisotopic (exact) mass is 307 g/mol. The lowest BCUT2D eigenvalue weighted by molar-refractivity contribution is 0.469. The third-order valence-corrected chi connectivity index (χ3v) is 4.10. The van der Waals surface area contributed by atoms with Crippen LogP contribution in [0.2, 0.25) is 5.02 Å². The van der Waals surface area contributed by atoms with E-state index in [1.54, 1.807) is 0 Å². The second kappa shape index (κ2) is 6.12. The summed E-state index contributed by atoms with van der Waals surface area (Å²) in [5.41, 5.74) is 1.64. The number of halogens is 3. The first kappa shape index (κ1) is 14.5. The Hall–Kier alpha value is -1.45. The highest BCUT2D eigenvalue weighted by molar-refractivity contribution is 6.30. The molecular formula is C17H16ClF2N. The topological polar surface area (TPSA) is 12.0 Å². The van der Waals surface area contributed by atoms with Gasteiger partial charge in [0.15, 0.2) is 0 Å². The zero-order valence-electron chi connectivity index (χ0n) is 11.5. The summed E-state index contributed by atoms with van der Waals surface area (Å²) in [4.78, 5) is 0. The Morgan fingerprint density at radius 2 is 1.81 bits per heavy atom. The molecule has 0 saturated heterocycles. The summed E-state index contributed by atoms with van der Waals surface area (Å²) in [6.45, 7) is 0.385. The highest BCUT2D eigenvalue weighted by Crippen LogP contribution is 2.41. The average Bonchev–Trinajstić information content (AvgIpc) is 3.28. The molecule has 1 aliphatic carbocycles. The molecule has 1 N–H and O–H groups in total. The molecule has 1 saturated carbocycles. The van der Waals surface area contributed by atoms with E-state index in [1.165, 1.54) is 25.0 Å². The van der Waals surface area contributed by atoms with E-state index in [0.717, 1.165) is 11.6 Å². The lowest BCUT2D eigenvalue weighted by atomic mass is 10.0. The maximum Gasteiger partial charge on any atom is 0.130 e. The first-order chi connectivity index (χ1) is 10.1. The highest BCUT2D eigenvalue weighted by Gasteiger charge is 2.32. The van der Waals surface area contributed by atoms with Crippen molar-refractivity contribution in [1.82, 2.24) is 5.32 Å². The summed E-state index contributed by atoms with van der Waals surface area (Å²) in [5.74, 6) is -0.476. The van der Waals surface area contributed by atoms with Crippen molar-refractivity contribution in [2.45, 2.75) is 25.4 Å². The van der Waals surface area contributed by atoms with Gasteiger partial charge in [0.2, 0.25) is 0 Å². The predicted octanol–water partition coefficient (Wildman–Crippen LogP) is 4.86. The summed E-state index contributed by atoms with van der Waals surface area (Å²) in [6.07, 6.45) is 2.35. The summed E-state index contributed by atoms with van der Waals surface area (Å²) in [5, 5.41) is 4.09. The Morgan fingerprint density at radius 1 is 1.10 bits per heavy atom. The van der Waals surface area contributed by atoms with Crippen LogP contribution in [0.1, 0.15) is 30.0 Å². The maximum absolute atomic E-state index is 13.7. The Bertz CT molecular complexity index is 623. The minimum Gasteiger partial charge on any atom is -0.306 e. The second-order valence-corrected chi connectivity index (χ2v) is 5.92. The summed E-state index contributed by atoms with van der Waals surface area (Å²) >= 11 is 5.91. The first-order valence-electron chi connectivity index (χ1n) is 7.06. The minimum atomic E-state index is -0.548. The zero-order valence-corrected chi connectivity index (χ0v) is 12.2. The van der Waals surface area contributed by atoms with Gasteiger partial charge >= 0.3 is 0 Å². The third-order valence-electron chi connectivity index (χ3n) is 3.85. The Balaban J connectivity index is 1.72. The molecule has 1 fully saturated rings. The lowest BCUT2D eigenvalue weighted by Crippen LogP contribution is -2.23. The molecule has 0 aliphatic heterocycles. The van der Waals surface area contributed by atoms with Gasteiger partial charge in [-0.2, -0.15) is 0 Å². The fraction of sp³-hybridized carbons (Fsp3) is 0.294. The Morgan fingerprint density at radius 3 is 2.43 bits per heavy atom. The van der Waals surface area contributed by atoms with Crippen LogP contribution in [-0.4, -0.2) is 0 Å². The van der Waals surface area contributed by atoms with E-state index < -0.39 is 11.6 Å². The highest BCUT2D eigenvalue weighted by atomic mass is 35.5. The Labute approximate surface area is 127 Å². The van der Waals surface area contributed by atoms with Crippen LogP contribution in [0.5, 0.6) is 0 Å². The molecule has 21 heavy (non-hydrogen) atoms. The second-order valence-electron chi connectivity index (χ2n) is 5.48. The van der Waals surface area contributed by atoms with Crippen molar-refractivity contribution >= 4 is 11.6 Å². The molecule has 0 aromatic heterocycles. The normalized spacial score (nSPS) is 16.0. The fourth-order valence-electron chi connectivity index (χ4n) is 2.54. The van der Waals surface area contributed by atoms with Crippen LogP contribution < -0.4 is 5.32 Å². The van der Waals surface area contributed by atoms with Crippen molar-refractivity contribution < 1.29 is 8.78 Å². The molecule has 0 radical (unpaired) electrons. The molecular weight excluding hydrogens is 292 g/mol. The Kier molecular flexibility index (Phi) is 4.22. The molecule has 4 heteroatoms. The lowest BCUT2D eigenvalue weighted by Gasteiger charge is -2.19. The van der Waals surface area contributed by atoms with Gasteiger partial charge in [-0.3, -0.25) is 0 Å². The van der Waals surface area contributed by atoms with Crippen LogP contribution in [-0.2, 0) is 6.54 Å². The van der Waals surface area contributed by atoms with Gasteiger partial charge in [0.05, 0.1) is 0 Å². The zero-order chi connectivity index (χ0) is 14.8. The van der Waals surface area contributed by atoms with E-state index in [9.17, 15) is 8.78 Å². The molecule has 0 amide bonds. The van der Waals surface area contributed by atoms with Crippen LogP contribution in [0.4, 0.5) is 8.78 Å². The molecule has 2 aromatic rings. The largest absolute Gasteiger partial charge is 0.306 e. The van der Waals surface area contributed by atoms with Crippen LogP contribution in [0.3, 0.4) is 0 Å². The fourth-order valence-corrected chi connectivity index (χ4v) is 2.67. The van der Waals surface area contributed by atoms with Crippen molar-refractivity contribution in [3.05, 3.63) is 70.2 Å². The number of nitrogens with one attached hydrogen (secondary N) is 1. The molecule has 0 bridgehead atoms. The SMILES string of the molecule is Fc1ccc(CNC(c2ccc(Cl)cc2)C2CC2)c(F)c1. The van der Waals surface area contributed by atoms with Gasteiger partial charge < -0.3 is 5.32 Å². The molecule has 1 atom stereocenters. The minimum absolute atomic E-state index is 0.187. The third kappa shape index (κ3) is 3.60. The standard InChI is InChI=1S/C17H16ClF2N/c18-14-6-3-12(4-7-14)17(11-1-2-11)21-10-13-5-8-15(19)9-16(13)20/h3-9,11,17,21H,1-2,10H2. The smallest absolute Gasteiger partial charge is 0.130 e. The van der Waals surface area contributed by atoms with Crippen molar-refractivity contribution in [3.8, 4) is 0 Å². The van der Waals surface area contributed by atoms with E-state index in [2.05, 4.69) is 5.32 Å². The van der Waals surface area contributed by atoms with Crippen LogP contribution in [0.25, 0.3) is 0 Å². The van der Waals surface area contributed by atoms with Crippen LogP contribution >= 0.6 is 11.6 Å². The van der Waals surface area contributed by atoms with Gasteiger partial charge in [-0.15, -0.1) is 0 Å². The van der Waals surface area contributed by atoms with Gasteiger partial charge in [0, 0.05) is 29.2 Å². The molecule has 110 valence electrons. The summed E-state index contributed by atoms with van der Waals surface area (Å²) in [7, 11) is 0. The van der Waals surface area contributed by atoms with E-state index >= 15 is 0 Å². The van der Waals surface area contributed by atoms with E-state index in [1.807, 2.05) is 24.3 Å². The average molecular weight is 308 g/mol. The predicted molar refractivity (Wildman–Crippen MR) is 80.1 cm³/mol. The van der Waals surface area contributed by atoms with Crippen LogP contribution in [0, 0.1) is 17.6 Å². The van der Waals surface area contributed by atoms with Gasteiger partial charge in [0.1, 0.15) is 11.6 Å². The van der Waals surface area contributed by atoms with Crippen LogP contribution in [0.15, 0.2) is 42.5 Å². The molecule has 3 rings (SSSR count). The maximum atomic E-state index is 13.7. The van der Waals surface area contributed by atoms with E-state index in [4.69, 9.17) is 11.6 Å². The van der Waals surface area contributed by atoms with E-state index in [0.29, 0.717) is 23.0 Å². The molecule has 0 spiro atoms. The molecule has 2 aromatic carbocycles. The van der Waals surface area contributed by atoms with Gasteiger partial charge in [-0.05, 0) is 42.5 Å². The van der Waals surface area contributed by atoms with Crippen molar-refractivity contribution in [3.63, 3.8) is 0 Å². The van der Waals surface area contributed by atoms with Crippen molar-refractivity contribution in [2.24, 2.45) is 5.92 Å². The van der Waals surface area contributed by atoms with Gasteiger partial charge in [-0.25, -0.2) is 8.78 Å². The van der Waals surface area contributed by atoms with Crippen molar-refractivity contribution in [1.29, 1.82) is 0 Å². The number of hydrogen-bond donors (Lipinski definition) is 1. The van der Waals surface area contributed by atoms with Crippen molar-refractivity contribution in [2.75, 3.05) is 0 Å². The summed E-state index contributed by atoms with van der Waals surface area (Å²) < 4.78 is 26.6. The molecule has 1 nitrogen and oxygen atoms in total. The van der Waals surface area contributed by atoms with E-state index in [-0.39, 0.29) is 6.04 Å². The quantitative estimate of drug-likeness (QED) is 0.832. The number of rotatable bonds is 5. The molecule has 1 unspecified atom stereocenters. The summed E-state index contributed by atoms with van der Waals surface area (Å²) in [6, 6.07) is 11.6. The van der Waals surface area contributed by atoms with Gasteiger partial charge in [-0.1, -0.05) is 29.8 Å². The molecule has 0 heterocycles. The number of hydrogen-bond acceptors (Lipinski definition) is 1.